The molecule has 5 nitrogen and oxygen atoms in total. The number of nitrogens with zero attached hydrogens (tertiary/aromatic N) is 3. The number of carbonyl (C=O) groups excluding carboxylic acids is 1. The second-order valence-corrected chi connectivity index (χ2v) is 3.07. The van der Waals surface area contributed by atoms with Crippen LogP contribution in [0.4, 0.5) is 5.82 Å². The van der Waals surface area contributed by atoms with Crippen LogP contribution < -0.4 is 4.90 Å². The van der Waals surface area contributed by atoms with Crippen LogP contribution in [0, 0.1) is 0 Å². The van der Waals surface area contributed by atoms with Crippen molar-refractivity contribution in [3.05, 3.63) is 18.6 Å². The number of hydrogen-bond acceptors (Lipinski definition) is 5. The Hall–Kier alpha value is -1.65. The average molecular weight is 209 g/mol. The van der Waals surface area contributed by atoms with E-state index in [0.29, 0.717) is 0 Å². The second-order valence-electron chi connectivity index (χ2n) is 3.07. The predicted octanol–water partition coefficient (Wildman–Crippen LogP) is 0.866. The molecule has 1 rings (SSSR count). The van der Waals surface area contributed by atoms with Crippen molar-refractivity contribution >= 4 is 11.8 Å². The highest BCUT2D eigenvalue weighted by atomic mass is 16.5. The summed E-state index contributed by atoms with van der Waals surface area (Å²) in [5.41, 5.74) is 0. The molecule has 0 spiro atoms. The minimum Gasteiger partial charge on any atom is -0.468 e. The largest absolute Gasteiger partial charge is 0.468 e. The van der Waals surface area contributed by atoms with E-state index < -0.39 is 0 Å². The minimum absolute atomic E-state index is 0.224. The van der Waals surface area contributed by atoms with Crippen LogP contribution in [0.3, 0.4) is 0 Å². The maximum absolute atomic E-state index is 11.2. The Labute approximate surface area is 89.1 Å². The van der Waals surface area contributed by atoms with Crippen LogP contribution in [0.2, 0.25) is 0 Å². The van der Waals surface area contributed by atoms with Gasteiger partial charge < -0.3 is 9.64 Å². The molecular weight excluding hydrogens is 194 g/mol. The summed E-state index contributed by atoms with van der Waals surface area (Å²) >= 11 is 0. The number of carbonyl (C=O) groups is 1. The molecule has 0 aliphatic rings. The Morgan fingerprint density at radius 3 is 2.93 bits per heavy atom. The minimum atomic E-state index is -0.262. The number of aromatic nitrogens is 2. The van der Waals surface area contributed by atoms with Crippen molar-refractivity contribution in [2.45, 2.75) is 13.3 Å². The molecule has 0 fully saturated rings. The van der Waals surface area contributed by atoms with Crippen LogP contribution in [0.25, 0.3) is 0 Å². The fourth-order valence-corrected chi connectivity index (χ4v) is 1.24. The Bertz CT molecular complexity index is 303. The fraction of sp³-hybridized carbons (Fsp3) is 0.500. The van der Waals surface area contributed by atoms with Crippen LogP contribution in [-0.4, -0.2) is 36.1 Å². The van der Waals surface area contributed by atoms with Gasteiger partial charge in [0.05, 0.1) is 7.11 Å². The average Bonchev–Trinajstić information content (AvgIpc) is 2.29. The quantitative estimate of drug-likeness (QED) is 0.673. The van der Waals surface area contributed by atoms with Gasteiger partial charge in [-0.25, -0.2) is 9.97 Å². The molecule has 0 saturated carbocycles. The summed E-state index contributed by atoms with van der Waals surface area (Å²) in [6.45, 7) is 3.04. The molecule has 1 aromatic heterocycles. The van der Waals surface area contributed by atoms with E-state index in [1.807, 2.05) is 11.8 Å². The normalized spacial score (nSPS) is 9.73. The molecule has 15 heavy (non-hydrogen) atoms. The second kappa shape index (κ2) is 5.95. The zero-order valence-corrected chi connectivity index (χ0v) is 9.01. The van der Waals surface area contributed by atoms with E-state index >= 15 is 0 Å². The van der Waals surface area contributed by atoms with Gasteiger partial charge in [0, 0.05) is 12.7 Å². The van der Waals surface area contributed by atoms with Crippen molar-refractivity contribution in [1.82, 2.24) is 9.97 Å². The van der Waals surface area contributed by atoms with Crippen molar-refractivity contribution in [2.75, 3.05) is 25.1 Å². The predicted molar refractivity (Wildman–Crippen MR) is 56.6 cm³/mol. The third-order valence-electron chi connectivity index (χ3n) is 1.93. The zero-order valence-electron chi connectivity index (χ0n) is 9.01. The van der Waals surface area contributed by atoms with Gasteiger partial charge in [-0.3, -0.25) is 4.79 Å². The van der Waals surface area contributed by atoms with Crippen LogP contribution in [0.5, 0.6) is 0 Å². The van der Waals surface area contributed by atoms with Crippen molar-refractivity contribution in [3.63, 3.8) is 0 Å². The molecule has 0 bridgehead atoms. The van der Waals surface area contributed by atoms with Crippen LogP contribution >= 0.6 is 0 Å². The Balaban J connectivity index is 2.70. The maximum Gasteiger partial charge on any atom is 0.325 e. The molecule has 1 heterocycles. The van der Waals surface area contributed by atoms with Gasteiger partial charge in [-0.05, 0) is 12.5 Å². The molecule has 5 heteroatoms. The molecule has 0 N–H and O–H groups in total. The van der Waals surface area contributed by atoms with Gasteiger partial charge in [0.15, 0.2) is 0 Å². The number of methoxy groups -OCH3 is 1. The van der Waals surface area contributed by atoms with Crippen LogP contribution in [-0.2, 0) is 9.53 Å². The first-order valence-corrected chi connectivity index (χ1v) is 4.85. The van der Waals surface area contributed by atoms with Crippen molar-refractivity contribution < 1.29 is 9.53 Å². The van der Waals surface area contributed by atoms with E-state index in [1.165, 1.54) is 13.4 Å². The molecule has 82 valence electrons. The number of hydrogen-bond donors (Lipinski definition) is 0. The molecule has 0 aromatic carbocycles. The molecule has 0 aliphatic heterocycles. The molecule has 0 atom stereocenters. The van der Waals surface area contributed by atoms with E-state index in [0.717, 1.165) is 18.8 Å². The summed E-state index contributed by atoms with van der Waals surface area (Å²) in [6, 6.07) is 1.78. The molecule has 1 aromatic rings. The number of ether oxygens (including phenoxy) is 1. The molecule has 0 unspecified atom stereocenters. The van der Waals surface area contributed by atoms with Gasteiger partial charge in [0.2, 0.25) is 0 Å². The van der Waals surface area contributed by atoms with Gasteiger partial charge in [-0.15, -0.1) is 0 Å². The zero-order chi connectivity index (χ0) is 11.1. The summed E-state index contributed by atoms with van der Waals surface area (Å²) in [6.07, 6.45) is 4.07. The molecule has 0 saturated heterocycles. The van der Waals surface area contributed by atoms with E-state index in [4.69, 9.17) is 0 Å². The Kier molecular flexibility index (Phi) is 4.53. The highest BCUT2D eigenvalue weighted by Gasteiger charge is 2.11. The lowest BCUT2D eigenvalue weighted by Gasteiger charge is -2.21. The van der Waals surface area contributed by atoms with Gasteiger partial charge in [0.1, 0.15) is 18.7 Å². The highest BCUT2D eigenvalue weighted by Crippen LogP contribution is 2.08. The number of esters is 1. The van der Waals surface area contributed by atoms with Crippen molar-refractivity contribution in [2.24, 2.45) is 0 Å². The van der Waals surface area contributed by atoms with Crippen LogP contribution in [0.1, 0.15) is 13.3 Å². The monoisotopic (exact) mass is 209 g/mol. The topological polar surface area (TPSA) is 55.3 Å². The van der Waals surface area contributed by atoms with Crippen molar-refractivity contribution in [3.8, 4) is 0 Å². The standard InChI is InChI=1S/C10H15N3O2/c1-3-6-13(7-10(14)15-2)9-4-5-11-8-12-9/h4-5,8H,3,6-7H2,1-2H3. The molecule has 0 radical (unpaired) electrons. The van der Waals surface area contributed by atoms with E-state index in [2.05, 4.69) is 14.7 Å². The first-order chi connectivity index (χ1) is 7.27. The lowest BCUT2D eigenvalue weighted by Crippen LogP contribution is -2.31. The Morgan fingerprint density at radius 1 is 1.60 bits per heavy atom. The van der Waals surface area contributed by atoms with Gasteiger partial charge >= 0.3 is 5.97 Å². The smallest absolute Gasteiger partial charge is 0.325 e. The van der Waals surface area contributed by atoms with E-state index in [9.17, 15) is 4.79 Å². The third-order valence-corrected chi connectivity index (χ3v) is 1.93. The van der Waals surface area contributed by atoms with Gasteiger partial charge in [-0.1, -0.05) is 6.92 Å². The SMILES string of the molecule is CCCN(CC(=O)OC)c1ccncn1. The molecular formula is C10H15N3O2. The summed E-state index contributed by atoms with van der Waals surface area (Å²) < 4.78 is 4.62. The summed E-state index contributed by atoms with van der Waals surface area (Å²) in [5.74, 6) is 0.485. The lowest BCUT2D eigenvalue weighted by atomic mass is 10.4. The fourth-order valence-electron chi connectivity index (χ4n) is 1.24. The van der Waals surface area contributed by atoms with Crippen molar-refractivity contribution in [1.29, 1.82) is 0 Å². The Morgan fingerprint density at radius 2 is 2.40 bits per heavy atom. The first-order valence-electron chi connectivity index (χ1n) is 4.85. The summed E-state index contributed by atoms with van der Waals surface area (Å²) in [4.78, 5) is 21.0. The van der Waals surface area contributed by atoms with E-state index in [1.54, 1.807) is 12.3 Å². The number of rotatable bonds is 5. The first kappa shape index (κ1) is 11.4. The third kappa shape index (κ3) is 3.53. The van der Waals surface area contributed by atoms with Crippen LogP contribution in [0.15, 0.2) is 18.6 Å². The number of anilines is 1. The summed E-state index contributed by atoms with van der Waals surface area (Å²) in [5, 5.41) is 0. The maximum atomic E-state index is 11.2. The highest BCUT2D eigenvalue weighted by molar-refractivity contribution is 5.75. The molecule has 0 aliphatic carbocycles. The molecule has 0 amide bonds. The van der Waals surface area contributed by atoms with Gasteiger partial charge in [-0.2, -0.15) is 0 Å². The summed E-state index contributed by atoms with van der Waals surface area (Å²) in [7, 11) is 1.38. The lowest BCUT2D eigenvalue weighted by molar-refractivity contribution is -0.138. The van der Waals surface area contributed by atoms with E-state index in [-0.39, 0.29) is 12.5 Å². The van der Waals surface area contributed by atoms with Gasteiger partial charge in [0.25, 0.3) is 0 Å².